The molecule has 51 heavy (non-hydrogen) atoms. The number of aliphatic imine (C=N–C) groups is 1. The van der Waals surface area contributed by atoms with Gasteiger partial charge in [-0.2, -0.15) is 0 Å². The lowest BCUT2D eigenvalue weighted by Crippen LogP contribution is -2.51. The lowest BCUT2D eigenvalue weighted by molar-refractivity contribution is -0.0138. The summed E-state index contributed by atoms with van der Waals surface area (Å²) < 4.78 is 16.1. The van der Waals surface area contributed by atoms with Crippen LogP contribution in [0.4, 0.5) is 0 Å². The first-order valence-electron chi connectivity index (χ1n) is 18.0. The van der Waals surface area contributed by atoms with Crippen molar-refractivity contribution in [3.8, 4) is 17.2 Å². The third-order valence-electron chi connectivity index (χ3n) is 11.9. The molecule has 8 rings (SSSR count). The molecule has 0 amide bonds. The summed E-state index contributed by atoms with van der Waals surface area (Å²) in [5.74, 6) is 2.19. The second-order valence-electron chi connectivity index (χ2n) is 16.8. The van der Waals surface area contributed by atoms with Crippen LogP contribution in [-0.2, 0) is 21.1 Å². The first kappa shape index (κ1) is 33.2. The fourth-order valence-corrected chi connectivity index (χ4v) is 8.82. The summed E-state index contributed by atoms with van der Waals surface area (Å²) in [6.45, 7) is 26.2. The monoisotopic (exact) mass is 676 g/mol. The standard InChI is InChI=1S/C45H48N4O2/c1-25-18-31(49-37-16-15-30(42(6,7)8)22-35(37)33-14-13-17-46-40(33)49)23-32(19-25)50-38-24-34(26(2)20-27(38)3)41-48-44(11)36-21-28(4)47-29(5)39(36)43(9,10)45(44,12)51-41/h13-24H,1-12H3/t44-,45+/m1/s1. The van der Waals surface area contributed by atoms with Crippen LogP contribution < -0.4 is 4.74 Å². The highest BCUT2D eigenvalue weighted by Gasteiger charge is 2.68. The number of hydrogen-bond acceptors (Lipinski definition) is 5. The van der Waals surface area contributed by atoms with E-state index in [1.165, 1.54) is 22.1 Å². The van der Waals surface area contributed by atoms with E-state index in [9.17, 15) is 0 Å². The molecule has 2 aliphatic rings. The van der Waals surface area contributed by atoms with Gasteiger partial charge in [0.2, 0.25) is 5.90 Å². The zero-order valence-electron chi connectivity index (χ0n) is 32.0. The van der Waals surface area contributed by atoms with Crippen LogP contribution in [0.25, 0.3) is 27.6 Å². The van der Waals surface area contributed by atoms with Crippen molar-refractivity contribution in [1.82, 2.24) is 14.5 Å². The molecule has 6 nitrogen and oxygen atoms in total. The molecule has 0 N–H and O–H groups in total. The third-order valence-corrected chi connectivity index (χ3v) is 11.9. The van der Waals surface area contributed by atoms with Crippen LogP contribution in [0, 0.1) is 34.6 Å². The zero-order valence-corrected chi connectivity index (χ0v) is 32.0. The molecule has 6 heteroatoms. The summed E-state index contributed by atoms with van der Waals surface area (Å²) in [5.41, 5.74) is 11.6. The Bertz CT molecular complexity index is 2480. The zero-order chi connectivity index (χ0) is 36.4. The van der Waals surface area contributed by atoms with E-state index in [4.69, 9.17) is 24.4 Å². The Hall–Kier alpha value is -4.97. The molecule has 6 aromatic rings. The topological polar surface area (TPSA) is 61.5 Å². The highest BCUT2D eigenvalue weighted by molar-refractivity contribution is 6.08. The van der Waals surface area contributed by atoms with Gasteiger partial charge in [0.05, 0.1) is 11.2 Å². The van der Waals surface area contributed by atoms with Crippen molar-refractivity contribution in [3.63, 3.8) is 0 Å². The Morgan fingerprint density at radius 1 is 0.804 bits per heavy atom. The van der Waals surface area contributed by atoms with Gasteiger partial charge in [-0.15, -0.1) is 0 Å². The van der Waals surface area contributed by atoms with Crippen molar-refractivity contribution < 1.29 is 9.47 Å². The van der Waals surface area contributed by atoms with Crippen LogP contribution in [-0.4, -0.2) is 26.0 Å². The molecule has 4 heterocycles. The Balaban J connectivity index is 1.21. The predicted molar refractivity (Wildman–Crippen MR) is 208 cm³/mol. The average molecular weight is 677 g/mol. The SMILES string of the molecule is Cc1cc(Oc2cc(C3=N[C@]4(C)c5cc(C)nc(C)c5C(C)(C)[C@]4(C)O3)c(C)cc2C)cc(-n2c3ccc(C(C)(C)C)cc3c3cccnc32)c1. The molecule has 0 saturated carbocycles. The molecule has 0 radical (unpaired) electrons. The number of aromatic nitrogens is 3. The van der Waals surface area contributed by atoms with E-state index < -0.39 is 11.1 Å². The van der Waals surface area contributed by atoms with E-state index in [2.05, 4.69) is 148 Å². The van der Waals surface area contributed by atoms with Gasteiger partial charge in [0.25, 0.3) is 0 Å². The molecule has 0 spiro atoms. The smallest absolute Gasteiger partial charge is 0.218 e. The molecule has 2 atom stereocenters. The largest absolute Gasteiger partial charge is 0.467 e. The van der Waals surface area contributed by atoms with Crippen molar-refractivity contribution in [1.29, 1.82) is 0 Å². The van der Waals surface area contributed by atoms with Crippen molar-refractivity contribution in [2.45, 2.75) is 105 Å². The molecule has 3 aromatic heterocycles. The highest BCUT2D eigenvalue weighted by atomic mass is 16.5. The lowest BCUT2D eigenvalue weighted by Gasteiger charge is -2.41. The Morgan fingerprint density at radius 3 is 2.31 bits per heavy atom. The first-order chi connectivity index (χ1) is 23.9. The third kappa shape index (κ3) is 4.71. The lowest BCUT2D eigenvalue weighted by atomic mass is 9.70. The Kier molecular flexibility index (Phi) is 7.01. The number of benzene rings is 3. The van der Waals surface area contributed by atoms with Crippen molar-refractivity contribution >= 4 is 27.8 Å². The van der Waals surface area contributed by atoms with E-state index in [-0.39, 0.29) is 10.8 Å². The molecular formula is C45H48N4O2. The molecular weight excluding hydrogens is 629 g/mol. The van der Waals surface area contributed by atoms with E-state index >= 15 is 0 Å². The van der Waals surface area contributed by atoms with Crippen LogP contribution in [0.1, 0.15) is 98.8 Å². The van der Waals surface area contributed by atoms with Gasteiger partial charge in [-0.05, 0) is 136 Å². The molecule has 0 unspecified atom stereocenters. The van der Waals surface area contributed by atoms with Gasteiger partial charge in [0.1, 0.15) is 28.3 Å². The van der Waals surface area contributed by atoms with Crippen LogP contribution >= 0.6 is 0 Å². The van der Waals surface area contributed by atoms with Crippen LogP contribution in [0.15, 0.2) is 77.9 Å². The van der Waals surface area contributed by atoms with Gasteiger partial charge in [-0.25, -0.2) is 9.98 Å². The van der Waals surface area contributed by atoms with Crippen molar-refractivity contribution in [2.24, 2.45) is 4.99 Å². The van der Waals surface area contributed by atoms with Crippen LogP contribution in [0.3, 0.4) is 0 Å². The van der Waals surface area contributed by atoms with E-state index in [0.29, 0.717) is 5.90 Å². The first-order valence-corrected chi connectivity index (χ1v) is 18.0. The van der Waals surface area contributed by atoms with E-state index in [1.54, 1.807) is 0 Å². The molecule has 260 valence electrons. The minimum atomic E-state index is -0.592. The summed E-state index contributed by atoms with van der Waals surface area (Å²) in [4.78, 5) is 15.1. The van der Waals surface area contributed by atoms with Gasteiger partial charge in [-0.3, -0.25) is 9.55 Å². The van der Waals surface area contributed by atoms with Gasteiger partial charge in [0.15, 0.2) is 0 Å². The highest BCUT2D eigenvalue weighted by Crippen LogP contribution is 2.62. The predicted octanol–water partition coefficient (Wildman–Crippen LogP) is 10.9. The minimum absolute atomic E-state index is 0.0412. The molecule has 1 aliphatic carbocycles. The number of ether oxygens (including phenoxy) is 2. The van der Waals surface area contributed by atoms with Gasteiger partial charge < -0.3 is 9.47 Å². The number of pyridine rings is 2. The maximum Gasteiger partial charge on any atom is 0.218 e. The summed E-state index contributed by atoms with van der Waals surface area (Å²) in [5, 5.41) is 2.34. The minimum Gasteiger partial charge on any atom is -0.467 e. The summed E-state index contributed by atoms with van der Waals surface area (Å²) >= 11 is 0. The van der Waals surface area contributed by atoms with E-state index in [1.807, 2.05) is 12.3 Å². The van der Waals surface area contributed by atoms with Gasteiger partial charge >= 0.3 is 0 Å². The quantitative estimate of drug-likeness (QED) is 0.186. The van der Waals surface area contributed by atoms with E-state index in [0.717, 1.165) is 67.4 Å². The molecule has 0 saturated heterocycles. The van der Waals surface area contributed by atoms with Crippen molar-refractivity contribution in [3.05, 3.63) is 123 Å². The summed E-state index contributed by atoms with van der Waals surface area (Å²) in [6, 6.07) is 23.9. The Morgan fingerprint density at radius 2 is 1.57 bits per heavy atom. The molecule has 0 fully saturated rings. The maximum atomic E-state index is 7.04. The fraction of sp³-hybridized carbons (Fsp3) is 0.356. The number of nitrogens with zero attached hydrogens (tertiary/aromatic N) is 4. The summed E-state index contributed by atoms with van der Waals surface area (Å²) in [6.07, 6.45) is 1.87. The molecule has 0 bridgehead atoms. The maximum absolute atomic E-state index is 7.04. The van der Waals surface area contributed by atoms with Gasteiger partial charge in [-0.1, -0.05) is 46.8 Å². The molecule has 3 aromatic carbocycles. The number of aryl methyl sites for hydroxylation is 5. The van der Waals surface area contributed by atoms with Crippen LogP contribution in [0.2, 0.25) is 0 Å². The number of fused-ring (bicyclic) bond motifs is 6. The summed E-state index contributed by atoms with van der Waals surface area (Å²) in [7, 11) is 0. The number of hydrogen-bond donors (Lipinski definition) is 0. The second-order valence-corrected chi connectivity index (χ2v) is 16.8. The van der Waals surface area contributed by atoms with Gasteiger partial charge in [0, 0.05) is 45.4 Å². The fourth-order valence-electron chi connectivity index (χ4n) is 8.82. The number of rotatable bonds is 4. The molecule has 1 aliphatic heterocycles. The average Bonchev–Trinajstić information content (AvgIpc) is 3.57. The normalized spacial score (nSPS) is 20.7. The second kappa shape index (κ2) is 10.8. The Labute approximate surface area is 301 Å². The van der Waals surface area contributed by atoms with Crippen LogP contribution in [0.5, 0.6) is 11.5 Å². The van der Waals surface area contributed by atoms with Crippen molar-refractivity contribution in [2.75, 3.05) is 0 Å².